The maximum absolute atomic E-state index is 12.1. The van der Waals surface area contributed by atoms with Gasteiger partial charge in [-0.2, -0.15) is 4.98 Å². The number of aliphatic carboxylic acids is 1. The maximum Gasteiger partial charge on any atom is 0.326 e. The van der Waals surface area contributed by atoms with Crippen LogP contribution in [0.2, 0.25) is 0 Å². The lowest BCUT2D eigenvalue weighted by atomic mass is 10.0. The van der Waals surface area contributed by atoms with Gasteiger partial charge < -0.3 is 24.8 Å². The molecule has 0 fully saturated rings. The van der Waals surface area contributed by atoms with Crippen molar-refractivity contribution in [2.24, 2.45) is 5.92 Å². The smallest absolute Gasteiger partial charge is 0.326 e. The molecular formula is C26H33N5O4. The number of rotatable bonds is 11. The molecule has 2 heterocycles. The van der Waals surface area contributed by atoms with Crippen molar-refractivity contribution in [3.05, 3.63) is 54.0 Å². The van der Waals surface area contributed by atoms with E-state index in [0.29, 0.717) is 34.9 Å². The minimum Gasteiger partial charge on any atom is -0.496 e. The standard InChI is InChI=1S/C26H33N5O4/c1-16(2)12-18-15-28-26(31(3)4)30-24(18)29-20(25(32)33)13-19-11-10-17(14-27-19)23-21(34-5)8-7-9-22(23)35-6/h7-11,14-16,20H,12-13H2,1-6H3,(H,32,33)(H,28,29,30)/t20-/m0/s1. The molecule has 0 bridgehead atoms. The fourth-order valence-corrected chi connectivity index (χ4v) is 3.73. The molecule has 1 atom stereocenters. The maximum atomic E-state index is 12.1. The van der Waals surface area contributed by atoms with Gasteiger partial charge in [-0.05, 0) is 30.5 Å². The molecule has 0 saturated carbocycles. The lowest BCUT2D eigenvalue weighted by Crippen LogP contribution is -2.33. The largest absolute Gasteiger partial charge is 0.496 e. The molecule has 0 amide bonds. The molecule has 0 spiro atoms. The molecule has 2 N–H and O–H groups in total. The highest BCUT2D eigenvalue weighted by molar-refractivity contribution is 5.78. The number of ether oxygens (including phenoxy) is 2. The van der Waals surface area contributed by atoms with Gasteiger partial charge in [0.1, 0.15) is 23.4 Å². The number of pyridine rings is 1. The van der Waals surface area contributed by atoms with E-state index < -0.39 is 12.0 Å². The molecule has 3 aromatic rings. The van der Waals surface area contributed by atoms with E-state index in [9.17, 15) is 9.90 Å². The van der Waals surface area contributed by atoms with Gasteiger partial charge in [-0.15, -0.1) is 0 Å². The van der Waals surface area contributed by atoms with Crippen molar-refractivity contribution in [3.63, 3.8) is 0 Å². The summed E-state index contributed by atoms with van der Waals surface area (Å²) in [5.74, 6) is 1.76. The zero-order chi connectivity index (χ0) is 25.5. The molecule has 0 aliphatic rings. The number of benzene rings is 1. The van der Waals surface area contributed by atoms with Crippen LogP contribution in [0.4, 0.5) is 11.8 Å². The number of carboxylic acid groups (broad SMARTS) is 1. The summed E-state index contributed by atoms with van der Waals surface area (Å²) in [5, 5.41) is 13.1. The Bertz CT molecular complexity index is 1130. The van der Waals surface area contributed by atoms with Crippen molar-refractivity contribution in [3.8, 4) is 22.6 Å². The predicted octanol–water partition coefficient (Wildman–Crippen LogP) is 3.93. The van der Waals surface area contributed by atoms with Gasteiger partial charge in [0.05, 0.1) is 19.8 Å². The minimum atomic E-state index is -0.984. The highest BCUT2D eigenvalue weighted by atomic mass is 16.5. The summed E-state index contributed by atoms with van der Waals surface area (Å²) in [5.41, 5.74) is 3.12. The molecule has 2 aromatic heterocycles. The first-order valence-electron chi connectivity index (χ1n) is 11.4. The molecular weight excluding hydrogens is 446 g/mol. The molecule has 0 unspecified atom stereocenters. The van der Waals surface area contributed by atoms with E-state index in [2.05, 4.69) is 34.1 Å². The number of methoxy groups -OCH3 is 2. The van der Waals surface area contributed by atoms with Crippen LogP contribution in [-0.4, -0.2) is 60.4 Å². The Morgan fingerprint density at radius 3 is 2.23 bits per heavy atom. The van der Waals surface area contributed by atoms with Crippen molar-refractivity contribution in [2.75, 3.05) is 38.5 Å². The normalized spacial score (nSPS) is 11.7. The van der Waals surface area contributed by atoms with Gasteiger partial charge in [0.15, 0.2) is 0 Å². The van der Waals surface area contributed by atoms with Gasteiger partial charge >= 0.3 is 5.97 Å². The molecule has 9 heteroatoms. The number of carbonyl (C=O) groups is 1. The third-order valence-electron chi connectivity index (χ3n) is 5.44. The summed E-state index contributed by atoms with van der Waals surface area (Å²) in [6.45, 7) is 4.20. The lowest BCUT2D eigenvalue weighted by Gasteiger charge is -2.20. The van der Waals surface area contributed by atoms with E-state index in [1.165, 1.54) is 0 Å². The number of carboxylic acids is 1. The molecule has 0 aliphatic heterocycles. The first-order chi connectivity index (χ1) is 16.7. The van der Waals surface area contributed by atoms with Gasteiger partial charge in [-0.25, -0.2) is 9.78 Å². The van der Waals surface area contributed by atoms with Gasteiger partial charge in [-0.3, -0.25) is 4.98 Å². The molecule has 186 valence electrons. The Labute approximate surface area is 206 Å². The van der Waals surface area contributed by atoms with Crippen molar-refractivity contribution in [2.45, 2.75) is 32.7 Å². The summed E-state index contributed by atoms with van der Waals surface area (Å²) in [4.78, 5) is 27.4. The molecule has 1 aromatic carbocycles. The summed E-state index contributed by atoms with van der Waals surface area (Å²) >= 11 is 0. The number of nitrogens with one attached hydrogen (secondary N) is 1. The summed E-state index contributed by atoms with van der Waals surface area (Å²) in [7, 11) is 6.90. The summed E-state index contributed by atoms with van der Waals surface area (Å²) in [6, 6.07) is 8.36. The van der Waals surface area contributed by atoms with Crippen LogP contribution in [0.15, 0.2) is 42.7 Å². The number of hydrogen-bond acceptors (Lipinski definition) is 8. The van der Waals surface area contributed by atoms with Crippen LogP contribution >= 0.6 is 0 Å². The summed E-state index contributed by atoms with van der Waals surface area (Å²) < 4.78 is 11.0. The number of hydrogen-bond donors (Lipinski definition) is 2. The first-order valence-corrected chi connectivity index (χ1v) is 11.4. The minimum absolute atomic E-state index is 0.182. The van der Waals surface area contributed by atoms with Crippen LogP contribution in [0.5, 0.6) is 11.5 Å². The monoisotopic (exact) mass is 479 g/mol. The van der Waals surface area contributed by atoms with Crippen molar-refractivity contribution >= 4 is 17.7 Å². The van der Waals surface area contributed by atoms with E-state index in [4.69, 9.17) is 9.47 Å². The summed E-state index contributed by atoms with van der Waals surface area (Å²) in [6.07, 6.45) is 4.38. The zero-order valence-corrected chi connectivity index (χ0v) is 21.1. The van der Waals surface area contributed by atoms with Crippen molar-refractivity contribution in [1.29, 1.82) is 0 Å². The second-order valence-corrected chi connectivity index (χ2v) is 8.85. The average molecular weight is 480 g/mol. The van der Waals surface area contributed by atoms with Crippen molar-refractivity contribution < 1.29 is 19.4 Å². The van der Waals surface area contributed by atoms with E-state index in [1.54, 1.807) is 31.5 Å². The molecule has 3 rings (SSSR count). The molecule has 0 radical (unpaired) electrons. The van der Waals surface area contributed by atoms with Crippen LogP contribution in [-0.2, 0) is 17.6 Å². The SMILES string of the molecule is COc1cccc(OC)c1-c1ccc(C[C@H](Nc2nc(N(C)C)ncc2CC(C)C)C(=O)O)nc1. The van der Waals surface area contributed by atoms with Crippen LogP contribution in [0, 0.1) is 5.92 Å². The fourth-order valence-electron chi connectivity index (χ4n) is 3.73. The van der Waals surface area contributed by atoms with Gasteiger partial charge in [0, 0.05) is 49.7 Å². The van der Waals surface area contributed by atoms with Gasteiger partial charge in [-0.1, -0.05) is 26.0 Å². The number of anilines is 2. The highest BCUT2D eigenvalue weighted by Crippen LogP contribution is 2.37. The second-order valence-electron chi connectivity index (χ2n) is 8.85. The average Bonchev–Trinajstić information content (AvgIpc) is 2.84. The third-order valence-corrected chi connectivity index (χ3v) is 5.44. The van der Waals surface area contributed by atoms with Crippen LogP contribution < -0.4 is 19.7 Å². The molecule has 0 saturated heterocycles. The van der Waals surface area contributed by atoms with Crippen LogP contribution in [0.1, 0.15) is 25.1 Å². The molecule has 0 aliphatic carbocycles. The first kappa shape index (κ1) is 25.7. The molecule has 9 nitrogen and oxygen atoms in total. The Morgan fingerprint density at radius 1 is 1.03 bits per heavy atom. The van der Waals surface area contributed by atoms with Gasteiger partial charge in [0.25, 0.3) is 0 Å². The van der Waals surface area contributed by atoms with Crippen LogP contribution in [0.25, 0.3) is 11.1 Å². The van der Waals surface area contributed by atoms with Crippen molar-refractivity contribution in [1.82, 2.24) is 15.0 Å². The lowest BCUT2D eigenvalue weighted by molar-refractivity contribution is -0.137. The quantitative estimate of drug-likeness (QED) is 0.423. The van der Waals surface area contributed by atoms with Gasteiger partial charge in [0.2, 0.25) is 5.95 Å². The van der Waals surface area contributed by atoms with Crippen LogP contribution in [0.3, 0.4) is 0 Å². The fraction of sp³-hybridized carbons (Fsp3) is 0.385. The Kier molecular flexibility index (Phi) is 8.46. The second kappa shape index (κ2) is 11.5. The zero-order valence-electron chi connectivity index (χ0n) is 21.1. The predicted molar refractivity (Wildman–Crippen MR) is 136 cm³/mol. The Morgan fingerprint density at radius 2 is 1.71 bits per heavy atom. The Balaban J connectivity index is 1.87. The number of nitrogens with zero attached hydrogens (tertiary/aromatic N) is 4. The van der Waals surface area contributed by atoms with E-state index in [-0.39, 0.29) is 6.42 Å². The van der Waals surface area contributed by atoms with E-state index >= 15 is 0 Å². The number of aromatic nitrogens is 3. The molecule has 35 heavy (non-hydrogen) atoms. The topological polar surface area (TPSA) is 110 Å². The highest BCUT2D eigenvalue weighted by Gasteiger charge is 2.22. The third kappa shape index (κ3) is 6.38. The van der Waals surface area contributed by atoms with E-state index in [0.717, 1.165) is 23.1 Å². The van der Waals surface area contributed by atoms with E-state index in [1.807, 2.05) is 44.4 Å². The Hall–Kier alpha value is -3.88.